The van der Waals surface area contributed by atoms with Gasteiger partial charge in [-0.2, -0.15) is 4.89 Å². The molecule has 2 aliphatic heterocycles. The van der Waals surface area contributed by atoms with Crippen molar-refractivity contribution in [1.82, 2.24) is 0 Å². The second-order valence-corrected chi connectivity index (χ2v) is 10.7. The van der Waals surface area contributed by atoms with Gasteiger partial charge >= 0.3 is 0 Å². The van der Waals surface area contributed by atoms with Crippen LogP contribution >= 0.6 is 0 Å². The van der Waals surface area contributed by atoms with E-state index in [0.29, 0.717) is 6.61 Å². The van der Waals surface area contributed by atoms with Crippen LogP contribution in [0.3, 0.4) is 0 Å². The summed E-state index contributed by atoms with van der Waals surface area (Å²) < 4.78 is 0. The SMILES string of the molecule is CC1=CC(C)(C)Nc2ccc(CCCCCOOc3ccc4c(c3)C(C)=CC(C)(C)N4)cc21. The summed E-state index contributed by atoms with van der Waals surface area (Å²) in [5, 5.41) is 7.15. The highest BCUT2D eigenvalue weighted by atomic mass is 17.2. The molecule has 4 nitrogen and oxygen atoms in total. The molecule has 176 valence electrons. The molecule has 33 heavy (non-hydrogen) atoms. The summed E-state index contributed by atoms with van der Waals surface area (Å²) in [7, 11) is 0. The van der Waals surface area contributed by atoms with Gasteiger partial charge < -0.3 is 15.5 Å². The third kappa shape index (κ3) is 5.80. The molecule has 2 aromatic carbocycles. The molecule has 0 fully saturated rings. The Morgan fingerprint density at radius 2 is 1.33 bits per heavy atom. The van der Waals surface area contributed by atoms with E-state index in [1.165, 1.54) is 33.5 Å². The fourth-order valence-corrected chi connectivity index (χ4v) is 4.97. The zero-order valence-corrected chi connectivity index (χ0v) is 21.0. The van der Waals surface area contributed by atoms with Gasteiger partial charge in [-0.3, -0.25) is 0 Å². The first kappa shape index (κ1) is 23.4. The molecule has 0 spiro atoms. The Labute approximate surface area is 199 Å². The van der Waals surface area contributed by atoms with Crippen LogP contribution in [-0.2, 0) is 11.3 Å². The zero-order valence-electron chi connectivity index (χ0n) is 21.0. The molecule has 2 aliphatic rings. The summed E-state index contributed by atoms with van der Waals surface area (Å²) in [5.74, 6) is 0.747. The number of fused-ring (bicyclic) bond motifs is 2. The maximum absolute atomic E-state index is 5.56. The van der Waals surface area contributed by atoms with Gasteiger partial charge in [0, 0.05) is 22.5 Å². The average molecular weight is 447 g/mol. The Morgan fingerprint density at radius 1 is 0.727 bits per heavy atom. The van der Waals surface area contributed by atoms with Crippen LogP contribution in [0.1, 0.15) is 77.5 Å². The number of nitrogens with one attached hydrogen (secondary N) is 2. The summed E-state index contributed by atoms with van der Waals surface area (Å²) in [6.07, 6.45) is 8.90. The number of allylic oxidation sites excluding steroid dienone is 2. The van der Waals surface area contributed by atoms with E-state index >= 15 is 0 Å². The van der Waals surface area contributed by atoms with Gasteiger partial charge in [-0.1, -0.05) is 24.6 Å². The van der Waals surface area contributed by atoms with Crippen LogP contribution in [-0.4, -0.2) is 17.7 Å². The Bertz CT molecular complexity index is 994. The summed E-state index contributed by atoms with van der Waals surface area (Å²) in [5.41, 5.74) is 8.87. The molecule has 0 radical (unpaired) electrons. The van der Waals surface area contributed by atoms with E-state index in [9.17, 15) is 0 Å². The molecule has 2 heterocycles. The highest BCUT2D eigenvalue weighted by molar-refractivity contribution is 5.81. The van der Waals surface area contributed by atoms with E-state index < -0.39 is 0 Å². The first-order valence-electron chi connectivity index (χ1n) is 12.1. The van der Waals surface area contributed by atoms with E-state index in [1.54, 1.807) is 0 Å². The Kier molecular flexibility index (Phi) is 6.58. The van der Waals surface area contributed by atoms with E-state index in [2.05, 4.69) is 88.6 Å². The van der Waals surface area contributed by atoms with Crippen molar-refractivity contribution in [2.75, 3.05) is 17.2 Å². The summed E-state index contributed by atoms with van der Waals surface area (Å²) in [4.78, 5) is 11.1. The molecule has 0 bridgehead atoms. The van der Waals surface area contributed by atoms with Crippen LogP contribution < -0.4 is 15.5 Å². The van der Waals surface area contributed by atoms with Crippen molar-refractivity contribution in [2.45, 2.75) is 78.3 Å². The minimum atomic E-state index is -0.0294. The molecule has 0 atom stereocenters. The van der Waals surface area contributed by atoms with E-state index in [4.69, 9.17) is 9.78 Å². The van der Waals surface area contributed by atoms with Gasteiger partial charge in [0.05, 0.1) is 17.7 Å². The smallest absolute Gasteiger partial charge is 0.166 e. The number of hydrogen-bond acceptors (Lipinski definition) is 4. The number of anilines is 2. The van der Waals surface area contributed by atoms with Gasteiger partial charge in [0.1, 0.15) is 0 Å². The van der Waals surface area contributed by atoms with Crippen molar-refractivity contribution in [1.29, 1.82) is 0 Å². The van der Waals surface area contributed by atoms with Gasteiger partial charge in [-0.15, -0.1) is 0 Å². The Balaban J connectivity index is 1.19. The van der Waals surface area contributed by atoms with Crippen LogP contribution in [0.5, 0.6) is 5.75 Å². The van der Waals surface area contributed by atoms with Crippen molar-refractivity contribution in [3.05, 3.63) is 65.2 Å². The lowest BCUT2D eigenvalue weighted by Crippen LogP contribution is -2.31. The van der Waals surface area contributed by atoms with Crippen molar-refractivity contribution in [3.63, 3.8) is 0 Å². The van der Waals surface area contributed by atoms with Crippen molar-refractivity contribution < 1.29 is 9.78 Å². The molecule has 0 aromatic heterocycles. The number of rotatable bonds is 8. The third-order valence-electron chi connectivity index (χ3n) is 6.34. The normalized spacial score (nSPS) is 17.6. The lowest BCUT2D eigenvalue weighted by Gasteiger charge is -2.31. The van der Waals surface area contributed by atoms with Crippen molar-refractivity contribution >= 4 is 22.5 Å². The molecule has 0 unspecified atom stereocenters. The van der Waals surface area contributed by atoms with E-state index in [0.717, 1.165) is 37.1 Å². The Hall–Kier alpha value is -2.72. The highest BCUT2D eigenvalue weighted by Gasteiger charge is 2.23. The Morgan fingerprint density at radius 3 is 2.00 bits per heavy atom. The number of hydrogen-bond donors (Lipinski definition) is 2. The molecule has 2 aromatic rings. The molecule has 0 amide bonds. The van der Waals surface area contributed by atoms with Gasteiger partial charge in [0.2, 0.25) is 0 Å². The van der Waals surface area contributed by atoms with E-state index in [-0.39, 0.29) is 11.1 Å². The monoisotopic (exact) mass is 446 g/mol. The zero-order chi connectivity index (χ0) is 23.6. The van der Waals surface area contributed by atoms with E-state index in [1.807, 2.05) is 12.1 Å². The van der Waals surface area contributed by atoms with Gasteiger partial charge in [0.25, 0.3) is 0 Å². The summed E-state index contributed by atoms with van der Waals surface area (Å²) >= 11 is 0. The number of aryl methyl sites for hydroxylation is 1. The molecule has 0 aliphatic carbocycles. The molecule has 2 N–H and O–H groups in total. The average Bonchev–Trinajstić information content (AvgIpc) is 2.72. The predicted octanol–water partition coefficient (Wildman–Crippen LogP) is 7.62. The van der Waals surface area contributed by atoms with Gasteiger partial charge in [-0.05, 0) is 108 Å². The molecule has 0 saturated heterocycles. The van der Waals surface area contributed by atoms with Crippen LogP contribution in [0.2, 0.25) is 0 Å². The van der Waals surface area contributed by atoms with Gasteiger partial charge in [0.15, 0.2) is 5.75 Å². The highest BCUT2D eigenvalue weighted by Crippen LogP contribution is 2.36. The standard InChI is InChI=1S/C29H38N2O2/c1-20-18-28(3,4)30-26-13-11-22(16-24(20)26)10-8-7-9-15-32-33-23-12-14-27-25(17-23)21(2)19-29(5,6)31-27/h11-14,16-19,30-31H,7-10,15H2,1-6H3. The van der Waals surface area contributed by atoms with Crippen molar-refractivity contribution in [3.8, 4) is 5.75 Å². The molecular weight excluding hydrogens is 408 g/mol. The first-order chi connectivity index (χ1) is 15.6. The molecule has 0 saturated carbocycles. The fourth-order valence-electron chi connectivity index (χ4n) is 4.97. The lowest BCUT2D eigenvalue weighted by atomic mass is 9.90. The second-order valence-electron chi connectivity index (χ2n) is 10.7. The van der Waals surface area contributed by atoms with Crippen LogP contribution in [0.25, 0.3) is 11.1 Å². The largest absolute Gasteiger partial charge is 0.376 e. The quantitative estimate of drug-likeness (QED) is 0.249. The maximum Gasteiger partial charge on any atom is 0.166 e. The molecule has 4 rings (SSSR count). The van der Waals surface area contributed by atoms with Gasteiger partial charge in [-0.25, -0.2) is 0 Å². The van der Waals surface area contributed by atoms with Crippen LogP contribution in [0.15, 0.2) is 48.6 Å². The summed E-state index contributed by atoms with van der Waals surface area (Å²) in [6, 6.07) is 12.9. The second kappa shape index (κ2) is 9.26. The fraction of sp³-hybridized carbons (Fsp3) is 0.448. The minimum absolute atomic E-state index is 0.0170. The summed E-state index contributed by atoms with van der Waals surface area (Å²) in [6.45, 7) is 13.7. The third-order valence-corrected chi connectivity index (χ3v) is 6.34. The first-order valence-corrected chi connectivity index (χ1v) is 12.1. The topological polar surface area (TPSA) is 42.5 Å². The van der Waals surface area contributed by atoms with Crippen molar-refractivity contribution in [2.24, 2.45) is 0 Å². The maximum atomic E-state index is 5.56. The lowest BCUT2D eigenvalue weighted by molar-refractivity contribution is -0.207. The predicted molar refractivity (Wildman–Crippen MR) is 140 cm³/mol. The van der Waals surface area contributed by atoms with Crippen LogP contribution in [0.4, 0.5) is 11.4 Å². The number of benzene rings is 2. The number of unbranched alkanes of at least 4 members (excludes halogenated alkanes) is 2. The van der Waals surface area contributed by atoms with Crippen LogP contribution in [0, 0.1) is 0 Å². The molecular formula is C29H38N2O2. The molecule has 4 heteroatoms. The minimum Gasteiger partial charge on any atom is -0.376 e.